The van der Waals surface area contributed by atoms with Crippen LogP contribution in [0.3, 0.4) is 0 Å². The molecule has 2 amide bonds. The number of amides is 2. The highest BCUT2D eigenvalue weighted by Crippen LogP contribution is 2.35. The van der Waals surface area contributed by atoms with Crippen LogP contribution in [-0.4, -0.2) is 55.7 Å². The van der Waals surface area contributed by atoms with Crippen molar-refractivity contribution in [1.82, 2.24) is 24.8 Å². The van der Waals surface area contributed by atoms with E-state index >= 15 is 0 Å². The van der Waals surface area contributed by atoms with Crippen LogP contribution in [0.1, 0.15) is 34.3 Å². The highest BCUT2D eigenvalue weighted by Gasteiger charge is 2.37. The molecule has 1 fully saturated rings. The molecule has 1 saturated heterocycles. The summed E-state index contributed by atoms with van der Waals surface area (Å²) < 4.78 is 0. The van der Waals surface area contributed by atoms with E-state index in [-0.39, 0.29) is 17.9 Å². The maximum atomic E-state index is 13.4. The van der Waals surface area contributed by atoms with E-state index in [1.54, 1.807) is 23.6 Å². The zero-order valence-corrected chi connectivity index (χ0v) is 17.4. The van der Waals surface area contributed by atoms with Gasteiger partial charge in [0.05, 0.1) is 35.0 Å². The SMILES string of the molecule is C=CC(=O)N1CCC(N2Cc3cncc(Nc4c(C)ccc5[nH]cnc45)c3C2=O)CC1. The molecular formula is C23H24N6O2. The van der Waals surface area contributed by atoms with E-state index in [0.29, 0.717) is 30.9 Å². The van der Waals surface area contributed by atoms with Crippen molar-refractivity contribution in [2.24, 2.45) is 0 Å². The summed E-state index contributed by atoms with van der Waals surface area (Å²) in [4.78, 5) is 40.9. The van der Waals surface area contributed by atoms with Crippen molar-refractivity contribution in [1.29, 1.82) is 0 Å². The van der Waals surface area contributed by atoms with E-state index in [0.717, 1.165) is 40.7 Å². The zero-order valence-electron chi connectivity index (χ0n) is 17.4. The predicted octanol–water partition coefficient (Wildman–Crippen LogP) is 3.14. The molecule has 8 heteroatoms. The van der Waals surface area contributed by atoms with Crippen molar-refractivity contribution in [2.45, 2.75) is 32.4 Å². The fraction of sp³-hybridized carbons (Fsp3) is 0.304. The number of nitrogens with zero attached hydrogens (tertiary/aromatic N) is 4. The Balaban J connectivity index is 1.40. The lowest BCUT2D eigenvalue weighted by atomic mass is 10.0. The lowest BCUT2D eigenvalue weighted by Crippen LogP contribution is -2.46. The smallest absolute Gasteiger partial charge is 0.256 e. The maximum absolute atomic E-state index is 13.4. The molecule has 2 aliphatic rings. The van der Waals surface area contributed by atoms with E-state index in [1.807, 2.05) is 24.0 Å². The highest BCUT2D eigenvalue weighted by atomic mass is 16.2. The summed E-state index contributed by atoms with van der Waals surface area (Å²) >= 11 is 0. The summed E-state index contributed by atoms with van der Waals surface area (Å²) in [5.41, 5.74) is 5.97. The quantitative estimate of drug-likeness (QED) is 0.637. The summed E-state index contributed by atoms with van der Waals surface area (Å²) in [6, 6.07) is 4.12. The van der Waals surface area contributed by atoms with Crippen LogP contribution in [0.25, 0.3) is 11.0 Å². The fourth-order valence-corrected chi connectivity index (χ4v) is 4.59. The average molecular weight is 416 g/mol. The number of rotatable bonds is 4. The molecule has 158 valence electrons. The van der Waals surface area contributed by atoms with E-state index in [1.165, 1.54) is 6.08 Å². The number of hydrogen-bond acceptors (Lipinski definition) is 5. The van der Waals surface area contributed by atoms with Gasteiger partial charge < -0.3 is 20.1 Å². The zero-order chi connectivity index (χ0) is 21.5. The monoisotopic (exact) mass is 416 g/mol. The largest absolute Gasteiger partial charge is 0.352 e. The molecule has 2 aromatic heterocycles. The number of benzene rings is 1. The Kier molecular flexibility index (Phi) is 4.69. The number of nitrogens with one attached hydrogen (secondary N) is 2. The number of carbonyl (C=O) groups excluding carboxylic acids is 2. The summed E-state index contributed by atoms with van der Waals surface area (Å²) in [6.07, 6.45) is 8.03. The van der Waals surface area contributed by atoms with Crippen LogP contribution in [0.2, 0.25) is 0 Å². The average Bonchev–Trinajstić information content (AvgIpc) is 3.40. The van der Waals surface area contributed by atoms with Crippen molar-refractivity contribution >= 4 is 34.2 Å². The molecule has 31 heavy (non-hydrogen) atoms. The third kappa shape index (κ3) is 3.24. The van der Waals surface area contributed by atoms with E-state index < -0.39 is 0 Å². The molecule has 1 aromatic carbocycles. The van der Waals surface area contributed by atoms with Crippen molar-refractivity contribution in [2.75, 3.05) is 18.4 Å². The maximum Gasteiger partial charge on any atom is 0.256 e. The van der Waals surface area contributed by atoms with Gasteiger partial charge in [-0.1, -0.05) is 12.6 Å². The first-order valence-corrected chi connectivity index (χ1v) is 10.5. The first-order valence-electron chi connectivity index (χ1n) is 10.5. The molecule has 4 heterocycles. The Morgan fingerprint density at radius 2 is 2.10 bits per heavy atom. The third-order valence-corrected chi connectivity index (χ3v) is 6.29. The van der Waals surface area contributed by atoms with E-state index in [9.17, 15) is 9.59 Å². The second-order valence-electron chi connectivity index (χ2n) is 8.10. The number of likely N-dealkylation sites (tertiary alicyclic amines) is 1. The predicted molar refractivity (Wildman–Crippen MR) is 118 cm³/mol. The Morgan fingerprint density at radius 3 is 2.87 bits per heavy atom. The Hall–Kier alpha value is -3.68. The van der Waals surface area contributed by atoms with Crippen molar-refractivity contribution in [3.05, 3.63) is 60.2 Å². The van der Waals surface area contributed by atoms with Crippen LogP contribution in [-0.2, 0) is 11.3 Å². The van der Waals surface area contributed by atoms with E-state index in [2.05, 4.69) is 26.8 Å². The highest BCUT2D eigenvalue weighted by molar-refractivity contribution is 6.05. The molecule has 0 unspecified atom stereocenters. The second-order valence-corrected chi connectivity index (χ2v) is 8.10. The first kappa shape index (κ1) is 19.3. The summed E-state index contributed by atoms with van der Waals surface area (Å²) in [5.74, 6) is -0.0339. The van der Waals surface area contributed by atoms with Gasteiger partial charge in [0.1, 0.15) is 5.52 Å². The number of aromatic nitrogens is 3. The molecule has 0 spiro atoms. The molecule has 0 atom stereocenters. The number of imidazole rings is 1. The van der Waals surface area contributed by atoms with Gasteiger partial charge in [-0.15, -0.1) is 0 Å². The molecule has 0 aliphatic carbocycles. The molecule has 3 aromatic rings. The molecule has 0 radical (unpaired) electrons. The van der Waals surface area contributed by atoms with Crippen LogP contribution in [0.15, 0.2) is 43.5 Å². The van der Waals surface area contributed by atoms with Gasteiger partial charge >= 0.3 is 0 Å². The Bertz CT molecular complexity index is 1190. The van der Waals surface area contributed by atoms with E-state index in [4.69, 9.17) is 0 Å². The van der Waals surface area contributed by atoms with Gasteiger partial charge in [-0.25, -0.2) is 4.98 Å². The van der Waals surface area contributed by atoms with Crippen LogP contribution in [0.5, 0.6) is 0 Å². The van der Waals surface area contributed by atoms with Crippen LogP contribution in [0, 0.1) is 6.92 Å². The molecule has 2 N–H and O–H groups in total. The van der Waals surface area contributed by atoms with Crippen LogP contribution < -0.4 is 5.32 Å². The lowest BCUT2D eigenvalue weighted by molar-refractivity contribution is -0.127. The number of H-pyrrole nitrogens is 1. The number of aromatic amines is 1. The van der Waals surface area contributed by atoms with Crippen molar-refractivity contribution < 1.29 is 9.59 Å². The topological polar surface area (TPSA) is 94.2 Å². The number of carbonyl (C=O) groups is 2. The Morgan fingerprint density at radius 1 is 1.29 bits per heavy atom. The van der Waals surface area contributed by atoms with Crippen molar-refractivity contribution in [3.8, 4) is 0 Å². The molecule has 0 bridgehead atoms. The number of piperidine rings is 1. The minimum atomic E-state index is -0.0481. The number of fused-ring (bicyclic) bond motifs is 2. The van der Waals surface area contributed by atoms with Gasteiger partial charge in [0, 0.05) is 37.4 Å². The third-order valence-electron chi connectivity index (χ3n) is 6.29. The summed E-state index contributed by atoms with van der Waals surface area (Å²) in [6.45, 7) is 7.39. The van der Waals surface area contributed by atoms with Gasteiger partial charge in [-0.3, -0.25) is 14.6 Å². The second kappa shape index (κ2) is 7.54. The van der Waals surface area contributed by atoms with Gasteiger partial charge in [0.15, 0.2) is 0 Å². The van der Waals surface area contributed by atoms with Crippen LogP contribution >= 0.6 is 0 Å². The van der Waals surface area contributed by atoms with Gasteiger partial charge in [0.2, 0.25) is 5.91 Å². The van der Waals surface area contributed by atoms with Gasteiger partial charge in [-0.2, -0.15) is 0 Å². The fourth-order valence-electron chi connectivity index (χ4n) is 4.59. The Labute approximate surface area is 180 Å². The molecule has 0 saturated carbocycles. The number of pyridine rings is 1. The number of hydrogen-bond donors (Lipinski definition) is 2. The number of anilines is 2. The number of aryl methyl sites for hydroxylation is 1. The van der Waals surface area contributed by atoms with Gasteiger partial charge in [-0.05, 0) is 37.5 Å². The van der Waals surface area contributed by atoms with Crippen LogP contribution in [0.4, 0.5) is 11.4 Å². The first-order chi connectivity index (χ1) is 15.1. The minimum absolute atomic E-state index is 0.0141. The normalized spacial score (nSPS) is 16.6. The molecule has 8 nitrogen and oxygen atoms in total. The summed E-state index contributed by atoms with van der Waals surface area (Å²) in [5, 5.41) is 3.43. The standard InChI is InChI=1S/C23H24N6O2/c1-3-19(30)28-8-6-16(7-9-28)29-12-15-10-24-11-18(20(15)23(29)31)27-21-14(2)4-5-17-22(21)26-13-25-17/h3-5,10-11,13,16,27H,1,6-9,12H2,2H3,(H,25,26). The van der Waals surface area contributed by atoms with Crippen molar-refractivity contribution in [3.63, 3.8) is 0 Å². The molecular weight excluding hydrogens is 392 g/mol. The minimum Gasteiger partial charge on any atom is -0.352 e. The summed E-state index contributed by atoms with van der Waals surface area (Å²) in [7, 11) is 0. The van der Waals surface area contributed by atoms with Gasteiger partial charge in [0.25, 0.3) is 5.91 Å². The lowest BCUT2D eigenvalue weighted by Gasteiger charge is -2.36. The molecule has 5 rings (SSSR count). The molecule has 2 aliphatic heterocycles.